The van der Waals surface area contributed by atoms with Gasteiger partial charge in [-0.15, -0.1) is 0 Å². The van der Waals surface area contributed by atoms with E-state index in [9.17, 15) is 12.8 Å². The lowest BCUT2D eigenvalue weighted by molar-refractivity contribution is 0.467. The van der Waals surface area contributed by atoms with Gasteiger partial charge in [-0.05, 0) is 38.0 Å². The molecule has 0 N–H and O–H groups in total. The van der Waals surface area contributed by atoms with E-state index in [1.54, 1.807) is 0 Å². The minimum Gasteiger partial charge on any atom is -0.332 e. The molecule has 3 rings (SSSR count). The monoisotopic (exact) mass is 351 g/mol. The summed E-state index contributed by atoms with van der Waals surface area (Å²) in [5.41, 5.74) is 1.10. The van der Waals surface area contributed by atoms with Crippen LogP contribution < -0.4 is 0 Å². The van der Waals surface area contributed by atoms with Crippen molar-refractivity contribution in [1.29, 1.82) is 0 Å². The van der Waals surface area contributed by atoms with Crippen molar-refractivity contribution in [2.75, 3.05) is 13.1 Å². The highest BCUT2D eigenvalue weighted by Crippen LogP contribution is 2.31. The van der Waals surface area contributed by atoms with Crippen LogP contribution >= 0.6 is 0 Å². The van der Waals surface area contributed by atoms with E-state index in [1.165, 1.54) is 22.5 Å². The predicted octanol–water partition coefficient (Wildman–Crippen LogP) is 2.92. The van der Waals surface area contributed by atoms with Crippen molar-refractivity contribution in [2.45, 2.75) is 44.0 Å². The molecule has 1 unspecified atom stereocenters. The summed E-state index contributed by atoms with van der Waals surface area (Å²) in [5, 5.41) is 0. The third-order valence-electron chi connectivity index (χ3n) is 4.48. The maximum atomic E-state index is 13.4. The summed E-state index contributed by atoms with van der Waals surface area (Å²) < 4.78 is 42.4. The van der Waals surface area contributed by atoms with Crippen LogP contribution in [0.4, 0.5) is 4.39 Å². The first kappa shape index (κ1) is 17.1. The second-order valence-electron chi connectivity index (χ2n) is 6.22. The number of sulfonamides is 1. The van der Waals surface area contributed by atoms with Crippen LogP contribution in [-0.2, 0) is 16.6 Å². The smallest absolute Gasteiger partial charge is 0.243 e. The summed E-state index contributed by atoms with van der Waals surface area (Å²) in [7, 11) is -3.66. The molecule has 0 radical (unpaired) electrons. The van der Waals surface area contributed by atoms with Crippen LogP contribution in [0.2, 0.25) is 0 Å². The van der Waals surface area contributed by atoms with Crippen LogP contribution in [-0.4, -0.2) is 35.4 Å². The zero-order valence-electron chi connectivity index (χ0n) is 13.9. The highest BCUT2D eigenvalue weighted by atomic mass is 32.2. The van der Waals surface area contributed by atoms with Crippen LogP contribution in [0.25, 0.3) is 0 Å². The molecule has 1 aromatic heterocycles. The van der Waals surface area contributed by atoms with E-state index in [1.807, 2.05) is 13.1 Å². The van der Waals surface area contributed by atoms with Crippen LogP contribution in [0, 0.1) is 12.7 Å². The maximum Gasteiger partial charge on any atom is 0.243 e. The first-order chi connectivity index (χ1) is 11.4. The van der Waals surface area contributed by atoms with Gasteiger partial charge in [0.25, 0.3) is 0 Å². The molecule has 0 saturated carbocycles. The van der Waals surface area contributed by atoms with Crippen LogP contribution in [0.1, 0.15) is 37.2 Å². The molecule has 0 amide bonds. The van der Waals surface area contributed by atoms with E-state index in [2.05, 4.69) is 16.5 Å². The summed E-state index contributed by atoms with van der Waals surface area (Å²) in [6.07, 6.45) is 3.58. The molecular weight excluding hydrogens is 329 g/mol. The zero-order chi connectivity index (χ0) is 17.3. The van der Waals surface area contributed by atoms with E-state index in [0.29, 0.717) is 13.1 Å². The molecule has 1 aliphatic rings. The topological polar surface area (TPSA) is 55.2 Å². The van der Waals surface area contributed by atoms with Crippen molar-refractivity contribution >= 4 is 10.0 Å². The lowest BCUT2D eigenvalue weighted by Crippen LogP contribution is -2.29. The van der Waals surface area contributed by atoms with Crippen LogP contribution in [0.15, 0.2) is 35.4 Å². The Labute approximate surface area is 142 Å². The van der Waals surface area contributed by atoms with E-state index >= 15 is 0 Å². The molecule has 1 saturated heterocycles. The zero-order valence-corrected chi connectivity index (χ0v) is 14.8. The molecule has 1 atom stereocenters. The van der Waals surface area contributed by atoms with Crippen molar-refractivity contribution in [3.63, 3.8) is 0 Å². The molecule has 24 heavy (non-hydrogen) atoms. The van der Waals surface area contributed by atoms with Gasteiger partial charge in [0.15, 0.2) is 0 Å². The molecule has 1 aliphatic heterocycles. The molecule has 130 valence electrons. The van der Waals surface area contributed by atoms with Crippen molar-refractivity contribution in [1.82, 2.24) is 13.9 Å². The Morgan fingerprint density at radius 3 is 2.88 bits per heavy atom. The number of imidazole rings is 1. The van der Waals surface area contributed by atoms with E-state index in [4.69, 9.17) is 0 Å². The Kier molecular flexibility index (Phi) is 4.73. The first-order valence-electron chi connectivity index (χ1n) is 8.21. The Morgan fingerprint density at radius 1 is 1.38 bits per heavy atom. The van der Waals surface area contributed by atoms with Crippen LogP contribution in [0.5, 0.6) is 0 Å². The van der Waals surface area contributed by atoms with Gasteiger partial charge >= 0.3 is 0 Å². The molecule has 1 aromatic carbocycles. The molecule has 7 heteroatoms. The number of nitrogens with zero attached hydrogens (tertiary/aromatic N) is 3. The normalized spacial score (nSPS) is 19.0. The number of aryl methyl sites for hydroxylation is 1. The molecular formula is C17H22FN3O2S. The minimum atomic E-state index is -3.66. The number of rotatable bonds is 5. The molecule has 5 nitrogen and oxygen atoms in total. The fraction of sp³-hybridized carbons (Fsp3) is 0.471. The Bertz CT molecular complexity index is 832. The largest absolute Gasteiger partial charge is 0.332 e. The summed E-state index contributed by atoms with van der Waals surface area (Å²) in [4.78, 5) is 4.51. The fourth-order valence-electron chi connectivity index (χ4n) is 3.25. The average Bonchev–Trinajstić information content (AvgIpc) is 3.16. The number of hydrogen-bond donors (Lipinski definition) is 0. The summed E-state index contributed by atoms with van der Waals surface area (Å²) in [6, 6.07) is 5.18. The lowest BCUT2D eigenvalue weighted by Gasteiger charge is -2.17. The summed E-state index contributed by atoms with van der Waals surface area (Å²) >= 11 is 0. The van der Waals surface area contributed by atoms with Crippen molar-refractivity contribution in [2.24, 2.45) is 0 Å². The average molecular weight is 351 g/mol. The Hall–Kier alpha value is -1.73. The molecule has 0 aliphatic carbocycles. The number of aromatic nitrogens is 2. The SMILES string of the molecule is CCCn1c(C)cnc1C1CCN(S(=O)(=O)c2cccc(F)c2)C1. The van der Waals surface area contributed by atoms with Gasteiger partial charge in [0.1, 0.15) is 11.6 Å². The number of halogens is 1. The van der Waals surface area contributed by atoms with Crippen molar-refractivity contribution in [3.8, 4) is 0 Å². The summed E-state index contributed by atoms with van der Waals surface area (Å²) in [5.74, 6) is 0.487. The molecule has 2 aromatic rings. The van der Waals surface area contributed by atoms with Gasteiger partial charge in [0, 0.05) is 37.4 Å². The summed E-state index contributed by atoms with van der Waals surface area (Å²) in [6.45, 7) is 5.83. The lowest BCUT2D eigenvalue weighted by atomic mass is 10.1. The highest BCUT2D eigenvalue weighted by Gasteiger charge is 2.35. The van der Waals surface area contributed by atoms with Gasteiger partial charge in [-0.3, -0.25) is 0 Å². The van der Waals surface area contributed by atoms with Crippen molar-refractivity contribution < 1.29 is 12.8 Å². The Morgan fingerprint density at radius 2 is 2.17 bits per heavy atom. The second kappa shape index (κ2) is 6.64. The van der Waals surface area contributed by atoms with E-state index < -0.39 is 15.8 Å². The quantitative estimate of drug-likeness (QED) is 0.832. The van der Waals surface area contributed by atoms with Crippen LogP contribution in [0.3, 0.4) is 0 Å². The van der Waals surface area contributed by atoms with Gasteiger partial charge < -0.3 is 4.57 Å². The first-order valence-corrected chi connectivity index (χ1v) is 9.65. The standard InChI is InChI=1S/C17H22FN3O2S/c1-3-8-21-13(2)11-19-17(21)14-7-9-20(12-14)24(22,23)16-6-4-5-15(18)10-16/h4-6,10-11,14H,3,7-9,12H2,1-2H3. The molecule has 0 bridgehead atoms. The fourth-order valence-corrected chi connectivity index (χ4v) is 4.79. The second-order valence-corrected chi connectivity index (χ2v) is 8.15. The van der Waals surface area contributed by atoms with Gasteiger partial charge in [0.2, 0.25) is 10.0 Å². The third kappa shape index (κ3) is 3.10. The molecule has 2 heterocycles. The molecule has 0 spiro atoms. The predicted molar refractivity (Wildman–Crippen MR) is 89.8 cm³/mol. The maximum absolute atomic E-state index is 13.4. The van der Waals surface area contributed by atoms with Gasteiger partial charge in [-0.2, -0.15) is 4.31 Å². The van der Waals surface area contributed by atoms with E-state index in [-0.39, 0.29) is 10.8 Å². The Balaban J connectivity index is 1.83. The van der Waals surface area contributed by atoms with Gasteiger partial charge in [-0.25, -0.2) is 17.8 Å². The van der Waals surface area contributed by atoms with Crippen molar-refractivity contribution in [3.05, 3.63) is 47.8 Å². The minimum absolute atomic E-state index is 0.0104. The number of benzene rings is 1. The van der Waals surface area contributed by atoms with Gasteiger partial charge in [-0.1, -0.05) is 13.0 Å². The van der Waals surface area contributed by atoms with E-state index in [0.717, 1.165) is 37.0 Å². The van der Waals surface area contributed by atoms with Gasteiger partial charge in [0.05, 0.1) is 4.90 Å². The third-order valence-corrected chi connectivity index (χ3v) is 6.34. The molecule has 1 fully saturated rings. The highest BCUT2D eigenvalue weighted by molar-refractivity contribution is 7.89. The number of hydrogen-bond acceptors (Lipinski definition) is 3.